The number of carbonyl (C=O) groups excluding carboxylic acids is 2. The van der Waals surface area contributed by atoms with E-state index in [2.05, 4.69) is 10.5 Å². The number of hydrogen-bond acceptors (Lipinski definition) is 5. The maximum Gasteiger partial charge on any atom is 0.337 e. The molecule has 1 aliphatic carbocycles. The van der Waals surface area contributed by atoms with E-state index in [1.165, 1.54) is 13.5 Å². The Morgan fingerprint density at radius 2 is 1.79 bits per heavy atom. The number of benzene rings is 2. The summed E-state index contributed by atoms with van der Waals surface area (Å²) in [6.45, 7) is 0.348. The summed E-state index contributed by atoms with van der Waals surface area (Å²) in [4.78, 5) is 23.7. The average molecular weight is 394 g/mol. The van der Waals surface area contributed by atoms with Gasteiger partial charge in [-0.3, -0.25) is 4.79 Å². The van der Waals surface area contributed by atoms with Crippen molar-refractivity contribution in [3.8, 4) is 5.75 Å². The van der Waals surface area contributed by atoms with Crippen LogP contribution in [0.1, 0.15) is 53.6 Å². The molecule has 0 unspecified atom stereocenters. The summed E-state index contributed by atoms with van der Waals surface area (Å²) >= 11 is 0. The molecule has 1 N–H and O–H groups in total. The van der Waals surface area contributed by atoms with Crippen LogP contribution in [0.2, 0.25) is 0 Å². The fourth-order valence-corrected chi connectivity index (χ4v) is 3.36. The van der Waals surface area contributed by atoms with Crippen LogP contribution in [-0.4, -0.2) is 25.2 Å². The van der Waals surface area contributed by atoms with Crippen molar-refractivity contribution in [2.24, 2.45) is 11.0 Å². The number of rotatable bonds is 7. The molecule has 6 heteroatoms. The van der Waals surface area contributed by atoms with Gasteiger partial charge in [-0.2, -0.15) is 5.10 Å². The van der Waals surface area contributed by atoms with E-state index in [0.717, 1.165) is 36.8 Å². The summed E-state index contributed by atoms with van der Waals surface area (Å²) in [5.41, 5.74) is 4.86. The van der Waals surface area contributed by atoms with Crippen molar-refractivity contribution in [2.75, 3.05) is 7.11 Å². The number of carbonyl (C=O) groups is 2. The number of hydrazone groups is 1. The number of nitrogens with one attached hydrogen (secondary N) is 1. The second-order valence-electron chi connectivity index (χ2n) is 7.08. The first kappa shape index (κ1) is 20.6. The Labute approximate surface area is 170 Å². The van der Waals surface area contributed by atoms with E-state index in [0.29, 0.717) is 17.9 Å². The lowest BCUT2D eigenvalue weighted by Crippen LogP contribution is -2.28. The van der Waals surface area contributed by atoms with E-state index in [-0.39, 0.29) is 17.8 Å². The molecular weight excluding hydrogens is 368 g/mol. The van der Waals surface area contributed by atoms with Crippen LogP contribution < -0.4 is 10.2 Å². The van der Waals surface area contributed by atoms with Gasteiger partial charge in [0, 0.05) is 11.5 Å². The molecule has 0 heterocycles. The number of nitrogens with zero attached hydrogens (tertiary/aromatic N) is 1. The van der Waals surface area contributed by atoms with Crippen LogP contribution in [0.15, 0.2) is 53.6 Å². The zero-order valence-corrected chi connectivity index (χ0v) is 16.6. The number of hydrogen-bond donors (Lipinski definition) is 1. The lowest BCUT2D eigenvalue weighted by atomic mass is 9.89. The topological polar surface area (TPSA) is 77.0 Å². The van der Waals surface area contributed by atoms with Gasteiger partial charge in [-0.15, -0.1) is 0 Å². The van der Waals surface area contributed by atoms with Crippen LogP contribution in [0.3, 0.4) is 0 Å². The highest BCUT2D eigenvalue weighted by Crippen LogP contribution is 2.23. The Kier molecular flexibility index (Phi) is 7.39. The van der Waals surface area contributed by atoms with Crippen molar-refractivity contribution in [3.63, 3.8) is 0 Å². The van der Waals surface area contributed by atoms with Crippen molar-refractivity contribution in [1.29, 1.82) is 0 Å². The molecule has 0 spiro atoms. The number of esters is 1. The molecule has 0 atom stereocenters. The zero-order chi connectivity index (χ0) is 20.5. The minimum atomic E-state index is -0.366. The van der Waals surface area contributed by atoms with Crippen LogP contribution in [0.5, 0.6) is 5.75 Å². The Morgan fingerprint density at radius 3 is 2.52 bits per heavy atom. The predicted molar refractivity (Wildman–Crippen MR) is 111 cm³/mol. The quantitative estimate of drug-likeness (QED) is 0.436. The van der Waals surface area contributed by atoms with E-state index in [4.69, 9.17) is 9.47 Å². The summed E-state index contributed by atoms with van der Waals surface area (Å²) in [6.07, 6.45) is 6.92. The van der Waals surface area contributed by atoms with Crippen LogP contribution in [0.25, 0.3) is 0 Å². The van der Waals surface area contributed by atoms with E-state index in [1.807, 2.05) is 36.4 Å². The molecule has 0 aromatic heterocycles. The largest absolute Gasteiger partial charge is 0.488 e. The van der Waals surface area contributed by atoms with E-state index >= 15 is 0 Å². The average Bonchev–Trinajstić information content (AvgIpc) is 2.78. The maximum atomic E-state index is 12.2. The number of para-hydroxylation sites is 1. The Bertz CT molecular complexity index is 855. The first-order valence-corrected chi connectivity index (χ1v) is 9.89. The molecule has 1 saturated carbocycles. The van der Waals surface area contributed by atoms with Gasteiger partial charge in [-0.1, -0.05) is 43.5 Å². The first-order chi connectivity index (χ1) is 14.2. The predicted octanol–water partition coefficient (Wildman–Crippen LogP) is 4.08. The third kappa shape index (κ3) is 5.91. The fraction of sp³-hybridized carbons (Fsp3) is 0.348. The summed E-state index contributed by atoms with van der Waals surface area (Å²) in [7, 11) is 1.36. The summed E-state index contributed by atoms with van der Waals surface area (Å²) < 4.78 is 10.6. The van der Waals surface area contributed by atoms with Gasteiger partial charge in [-0.05, 0) is 42.7 Å². The van der Waals surface area contributed by atoms with Crippen LogP contribution in [0.4, 0.5) is 0 Å². The van der Waals surface area contributed by atoms with Gasteiger partial charge in [0.2, 0.25) is 5.91 Å². The SMILES string of the molecule is COC(=O)c1ccc(COc2ccccc2/C=N/NC(=O)C2CCCCC2)cc1. The van der Waals surface area contributed by atoms with Crippen LogP contribution >= 0.6 is 0 Å². The highest BCUT2D eigenvalue weighted by molar-refractivity contribution is 5.89. The fourth-order valence-electron chi connectivity index (χ4n) is 3.36. The minimum Gasteiger partial charge on any atom is -0.488 e. The van der Waals surface area contributed by atoms with Gasteiger partial charge in [0.05, 0.1) is 18.9 Å². The Morgan fingerprint density at radius 1 is 1.07 bits per heavy atom. The molecule has 2 aromatic carbocycles. The minimum absolute atomic E-state index is 0.00922. The molecule has 1 aliphatic rings. The third-order valence-corrected chi connectivity index (χ3v) is 5.04. The highest BCUT2D eigenvalue weighted by Gasteiger charge is 2.20. The molecule has 0 radical (unpaired) electrons. The van der Waals surface area contributed by atoms with Crippen molar-refractivity contribution >= 4 is 18.1 Å². The molecule has 152 valence electrons. The molecule has 29 heavy (non-hydrogen) atoms. The lowest BCUT2D eigenvalue weighted by molar-refractivity contribution is -0.125. The van der Waals surface area contributed by atoms with Crippen molar-refractivity contribution in [2.45, 2.75) is 38.7 Å². The van der Waals surface area contributed by atoms with Crippen molar-refractivity contribution in [3.05, 3.63) is 65.2 Å². The second kappa shape index (κ2) is 10.4. The molecule has 3 rings (SSSR count). The van der Waals surface area contributed by atoms with Gasteiger partial charge in [0.15, 0.2) is 0 Å². The number of ether oxygens (including phenoxy) is 2. The second-order valence-corrected chi connectivity index (χ2v) is 7.08. The monoisotopic (exact) mass is 394 g/mol. The molecule has 2 aromatic rings. The van der Waals surface area contributed by atoms with E-state index < -0.39 is 0 Å². The van der Waals surface area contributed by atoms with E-state index in [1.54, 1.807) is 18.3 Å². The first-order valence-electron chi connectivity index (χ1n) is 9.89. The smallest absolute Gasteiger partial charge is 0.337 e. The summed E-state index contributed by atoms with van der Waals surface area (Å²) in [6, 6.07) is 14.6. The maximum absolute atomic E-state index is 12.2. The molecule has 1 amide bonds. The van der Waals surface area contributed by atoms with Crippen molar-refractivity contribution in [1.82, 2.24) is 5.43 Å². The highest BCUT2D eigenvalue weighted by atomic mass is 16.5. The Balaban J connectivity index is 1.57. The molecule has 0 aliphatic heterocycles. The van der Waals surface area contributed by atoms with Crippen LogP contribution in [-0.2, 0) is 16.1 Å². The normalized spacial score (nSPS) is 14.5. The summed E-state index contributed by atoms with van der Waals surface area (Å²) in [5, 5.41) is 4.12. The van der Waals surface area contributed by atoms with Gasteiger partial charge in [0.1, 0.15) is 12.4 Å². The number of amides is 1. The molecular formula is C23H26N2O4. The molecule has 0 bridgehead atoms. The van der Waals surface area contributed by atoms with Gasteiger partial charge in [-0.25, -0.2) is 10.2 Å². The third-order valence-electron chi connectivity index (χ3n) is 5.04. The van der Waals surface area contributed by atoms with Gasteiger partial charge in [0.25, 0.3) is 0 Å². The molecule has 6 nitrogen and oxygen atoms in total. The molecule has 1 fully saturated rings. The van der Waals surface area contributed by atoms with Crippen LogP contribution in [0, 0.1) is 5.92 Å². The number of methoxy groups -OCH3 is 1. The zero-order valence-electron chi connectivity index (χ0n) is 16.6. The standard InChI is InChI=1S/C23H26N2O4/c1-28-23(27)19-13-11-17(12-14-19)16-29-21-10-6-5-9-20(21)15-24-25-22(26)18-7-3-2-4-8-18/h5-6,9-15,18H,2-4,7-8,16H2,1H3,(H,25,26)/b24-15+. The molecule has 0 saturated heterocycles. The van der Waals surface area contributed by atoms with Gasteiger partial charge < -0.3 is 9.47 Å². The van der Waals surface area contributed by atoms with Gasteiger partial charge >= 0.3 is 5.97 Å². The van der Waals surface area contributed by atoms with E-state index in [9.17, 15) is 9.59 Å². The lowest BCUT2D eigenvalue weighted by Gasteiger charge is -2.19. The Hall–Kier alpha value is -3.15. The van der Waals surface area contributed by atoms with Crippen molar-refractivity contribution < 1.29 is 19.1 Å². The summed E-state index contributed by atoms with van der Waals surface area (Å²) in [5.74, 6) is 0.361.